The molecular formula is C12H13NO4. The maximum absolute atomic E-state index is 11.4. The van der Waals surface area contributed by atoms with E-state index < -0.39 is 18.2 Å². The second-order valence-corrected chi connectivity index (χ2v) is 3.84. The molecule has 0 aliphatic carbocycles. The number of benzene rings is 1. The largest absolute Gasteiger partial charge is 0.479 e. The first kappa shape index (κ1) is 11.6. The third-order valence-corrected chi connectivity index (χ3v) is 2.55. The number of carbonyl (C=O) groups is 2. The van der Waals surface area contributed by atoms with Gasteiger partial charge in [0.15, 0.2) is 12.2 Å². The van der Waals surface area contributed by atoms with Gasteiger partial charge in [0.2, 0.25) is 0 Å². The summed E-state index contributed by atoms with van der Waals surface area (Å²) in [7, 11) is 0. The highest BCUT2D eigenvalue weighted by molar-refractivity contribution is 5.92. The standard InChI is InChI=1S/C12H13NO4/c14-11(9-10(17-9)12(15)16)13-7-6-8-4-2-1-3-5-8/h1-5,9-10H,6-7H2,(H,13,14)(H,15,16)/t9-,10-/m1/s1. The molecule has 1 aliphatic rings. The molecule has 0 unspecified atom stereocenters. The summed E-state index contributed by atoms with van der Waals surface area (Å²) in [5.74, 6) is -1.44. The molecule has 1 aromatic rings. The molecule has 1 aliphatic heterocycles. The van der Waals surface area contributed by atoms with E-state index in [1.807, 2.05) is 30.3 Å². The SMILES string of the molecule is O=C(O)[C@@H]1O[C@H]1C(=O)NCCc1ccccc1. The summed E-state index contributed by atoms with van der Waals surface area (Å²) in [5, 5.41) is 11.2. The number of carboxylic acids is 1. The van der Waals surface area contributed by atoms with Crippen LogP contribution in [-0.4, -0.2) is 35.7 Å². The van der Waals surface area contributed by atoms with Crippen molar-refractivity contribution in [1.82, 2.24) is 5.32 Å². The van der Waals surface area contributed by atoms with Crippen molar-refractivity contribution < 1.29 is 19.4 Å². The molecule has 0 spiro atoms. The van der Waals surface area contributed by atoms with Gasteiger partial charge in [-0.25, -0.2) is 4.79 Å². The molecule has 17 heavy (non-hydrogen) atoms. The van der Waals surface area contributed by atoms with E-state index in [1.165, 1.54) is 0 Å². The lowest BCUT2D eigenvalue weighted by Crippen LogP contribution is -2.31. The van der Waals surface area contributed by atoms with Gasteiger partial charge in [-0.15, -0.1) is 0 Å². The number of aliphatic carboxylic acids is 1. The van der Waals surface area contributed by atoms with Crippen LogP contribution in [0.1, 0.15) is 5.56 Å². The maximum Gasteiger partial charge on any atom is 0.336 e. The van der Waals surface area contributed by atoms with Crippen molar-refractivity contribution >= 4 is 11.9 Å². The Morgan fingerprint density at radius 3 is 2.53 bits per heavy atom. The molecule has 0 aromatic heterocycles. The second-order valence-electron chi connectivity index (χ2n) is 3.84. The number of hydrogen-bond donors (Lipinski definition) is 2. The zero-order valence-corrected chi connectivity index (χ0v) is 9.13. The molecule has 1 saturated heterocycles. The van der Waals surface area contributed by atoms with E-state index in [0.717, 1.165) is 12.0 Å². The highest BCUT2D eigenvalue weighted by Crippen LogP contribution is 2.21. The number of amides is 1. The molecule has 0 saturated carbocycles. The van der Waals surface area contributed by atoms with Crippen molar-refractivity contribution in [3.8, 4) is 0 Å². The van der Waals surface area contributed by atoms with Crippen LogP contribution in [0, 0.1) is 0 Å². The van der Waals surface area contributed by atoms with E-state index in [-0.39, 0.29) is 5.91 Å². The maximum atomic E-state index is 11.4. The number of carbonyl (C=O) groups excluding carboxylic acids is 1. The van der Waals surface area contributed by atoms with Crippen LogP contribution in [0.5, 0.6) is 0 Å². The van der Waals surface area contributed by atoms with Gasteiger partial charge in [0.05, 0.1) is 0 Å². The van der Waals surface area contributed by atoms with Crippen molar-refractivity contribution in [3.05, 3.63) is 35.9 Å². The fourth-order valence-corrected chi connectivity index (χ4v) is 1.57. The smallest absolute Gasteiger partial charge is 0.336 e. The fourth-order valence-electron chi connectivity index (χ4n) is 1.57. The van der Waals surface area contributed by atoms with Crippen LogP contribution >= 0.6 is 0 Å². The zero-order valence-electron chi connectivity index (χ0n) is 9.13. The Morgan fingerprint density at radius 1 is 1.24 bits per heavy atom. The van der Waals surface area contributed by atoms with Crippen LogP contribution in [0.2, 0.25) is 0 Å². The average molecular weight is 235 g/mol. The first-order valence-electron chi connectivity index (χ1n) is 5.38. The molecule has 5 nitrogen and oxygen atoms in total. The Bertz CT molecular complexity index is 418. The number of rotatable bonds is 5. The van der Waals surface area contributed by atoms with Crippen LogP contribution in [0.4, 0.5) is 0 Å². The molecule has 1 amide bonds. The quantitative estimate of drug-likeness (QED) is 0.714. The van der Waals surface area contributed by atoms with Gasteiger partial charge >= 0.3 is 5.97 Å². The number of hydrogen-bond acceptors (Lipinski definition) is 3. The molecule has 1 heterocycles. The predicted octanol–water partition coefficient (Wildman–Crippen LogP) is 0.197. The molecule has 2 rings (SSSR count). The van der Waals surface area contributed by atoms with E-state index in [4.69, 9.17) is 9.84 Å². The summed E-state index contributed by atoms with van der Waals surface area (Å²) in [4.78, 5) is 21.9. The number of epoxide rings is 1. The van der Waals surface area contributed by atoms with Crippen LogP contribution in [-0.2, 0) is 20.7 Å². The van der Waals surface area contributed by atoms with Crippen LogP contribution in [0.15, 0.2) is 30.3 Å². The summed E-state index contributed by atoms with van der Waals surface area (Å²) in [6, 6.07) is 9.74. The Balaban J connectivity index is 1.70. The van der Waals surface area contributed by atoms with Crippen molar-refractivity contribution in [2.75, 3.05) is 6.54 Å². The van der Waals surface area contributed by atoms with E-state index in [1.54, 1.807) is 0 Å². The average Bonchev–Trinajstić information content (AvgIpc) is 3.10. The molecule has 1 fully saturated rings. The summed E-state index contributed by atoms with van der Waals surface area (Å²) >= 11 is 0. The van der Waals surface area contributed by atoms with Gasteiger partial charge in [-0.1, -0.05) is 30.3 Å². The number of carboxylic acid groups (broad SMARTS) is 1. The summed E-state index contributed by atoms with van der Waals surface area (Å²) in [6.45, 7) is 0.481. The lowest BCUT2D eigenvalue weighted by molar-refractivity contribution is -0.138. The molecule has 0 radical (unpaired) electrons. The molecular weight excluding hydrogens is 222 g/mol. The third kappa shape index (κ3) is 3.04. The first-order chi connectivity index (χ1) is 8.18. The van der Waals surface area contributed by atoms with Gasteiger partial charge in [-0.2, -0.15) is 0 Å². The van der Waals surface area contributed by atoms with Crippen molar-refractivity contribution in [2.45, 2.75) is 18.6 Å². The van der Waals surface area contributed by atoms with E-state index in [9.17, 15) is 9.59 Å². The normalized spacial score (nSPS) is 21.9. The minimum Gasteiger partial charge on any atom is -0.479 e. The fraction of sp³-hybridized carbons (Fsp3) is 0.333. The topological polar surface area (TPSA) is 78.9 Å². The predicted molar refractivity (Wildman–Crippen MR) is 59.5 cm³/mol. The molecule has 0 bridgehead atoms. The monoisotopic (exact) mass is 235 g/mol. The number of nitrogens with one attached hydrogen (secondary N) is 1. The van der Waals surface area contributed by atoms with Crippen LogP contribution in [0.3, 0.4) is 0 Å². The third-order valence-electron chi connectivity index (χ3n) is 2.55. The summed E-state index contributed by atoms with van der Waals surface area (Å²) < 4.78 is 4.73. The molecule has 5 heteroatoms. The molecule has 90 valence electrons. The molecule has 1 aromatic carbocycles. The summed E-state index contributed by atoms with van der Waals surface area (Å²) in [5.41, 5.74) is 1.12. The second kappa shape index (κ2) is 4.97. The van der Waals surface area contributed by atoms with E-state index in [2.05, 4.69) is 5.32 Å². The van der Waals surface area contributed by atoms with Gasteiger partial charge in [0.25, 0.3) is 5.91 Å². The van der Waals surface area contributed by atoms with Crippen LogP contribution < -0.4 is 5.32 Å². The van der Waals surface area contributed by atoms with Gasteiger partial charge in [0, 0.05) is 6.54 Å². The minimum atomic E-state index is -1.09. The first-order valence-corrected chi connectivity index (χ1v) is 5.38. The lowest BCUT2D eigenvalue weighted by Gasteiger charge is -2.02. The highest BCUT2D eigenvalue weighted by atomic mass is 16.6. The van der Waals surface area contributed by atoms with Gasteiger partial charge in [0.1, 0.15) is 0 Å². The lowest BCUT2D eigenvalue weighted by atomic mass is 10.1. The van der Waals surface area contributed by atoms with Crippen molar-refractivity contribution in [1.29, 1.82) is 0 Å². The molecule has 2 atom stereocenters. The zero-order chi connectivity index (χ0) is 12.3. The van der Waals surface area contributed by atoms with Crippen molar-refractivity contribution in [3.63, 3.8) is 0 Å². The summed E-state index contributed by atoms with van der Waals surface area (Å²) in [6.07, 6.45) is -1.06. The molecule has 2 N–H and O–H groups in total. The Kier molecular flexibility index (Phi) is 3.39. The van der Waals surface area contributed by atoms with Gasteiger partial charge in [-0.3, -0.25) is 4.79 Å². The van der Waals surface area contributed by atoms with E-state index in [0.29, 0.717) is 6.54 Å². The Morgan fingerprint density at radius 2 is 1.94 bits per heavy atom. The Labute approximate surface area is 98.4 Å². The van der Waals surface area contributed by atoms with Gasteiger partial charge < -0.3 is 15.2 Å². The highest BCUT2D eigenvalue weighted by Gasteiger charge is 2.50. The van der Waals surface area contributed by atoms with E-state index >= 15 is 0 Å². The number of ether oxygens (including phenoxy) is 1. The van der Waals surface area contributed by atoms with Crippen LogP contribution in [0.25, 0.3) is 0 Å². The minimum absolute atomic E-state index is 0.353. The van der Waals surface area contributed by atoms with Gasteiger partial charge in [-0.05, 0) is 12.0 Å². The Hall–Kier alpha value is -1.88. The van der Waals surface area contributed by atoms with Crippen molar-refractivity contribution in [2.24, 2.45) is 0 Å².